The molecule has 214 valence electrons. The molecular formula is C30H46O6S2. The molecule has 0 amide bonds. The molecule has 0 aliphatic heterocycles. The minimum Gasteiger partial charge on any atom is -0.478 e. The third-order valence-corrected chi connectivity index (χ3v) is 12.0. The summed E-state index contributed by atoms with van der Waals surface area (Å²) in [6.07, 6.45) is 6.74. The average Bonchev–Trinajstić information content (AvgIpc) is 3.08. The van der Waals surface area contributed by atoms with Crippen molar-refractivity contribution in [1.82, 2.24) is 0 Å². The molecule has 0 saturated heterocycles. The molecule has 4 aliphatic carbocycles. The van der Waals surface area contributed by atoms with Crippen LogP contribution in [0, 0.1) is 39.9 Å². The quantitative estimate of drug-likeness (QED) is 0.178. The van der Waals surface area contributed by atoms with Gasteiger partial charge < -0.3 is 19.7 Å². The maximum Gasteiger partial charge on any atom is 0.331 e. The van der Waals surface area contributed by atoms with Crippen molar-refractivity contribution in [2.45, 2.75) is 104 Å². The Morgan fingerprint density at radius 1 is 1.13 bits per heavy atom. The Labute approximate surface area is 238 Å². The summed E-state index contributed by atoms with van der Waals surface area (Å²) in [5.74, 6) is -0.593. The number of ether oxygens (including phenoxy) is 2. The summed E-state index contributed by atoms with van der Waals surface area (Å²) < 4.78 is 12.3. The van der Waals surface area contributed by atoms with E-state index in [4.69, 9.17) is 9.47 Å². The van der Waals surface area contributed by atoms with E-state index < -0.39 is 24.1 Å². The molecule has 0 bridgehead atoms. The molecular weight excluding hydrogens is 520 g/mol. The zero-order valence-electron chi connectivity index (χ0n) is 23.7. The van der Waals surface area contributed by atoms with Gasteiger partial charge in [0.05, 0.1) is 12.2 Å². The van der Waals surface area contributed by atoms with E-state index in [-0.39, 0.29) is 34.2 Å². The summed E-state index contributed by atoms with van der Waals surface area (Å²) in [6.45, 7) is 10.7. The predicted octanol–water partition coefficient (Wildman–Crippen LogP) is 6.06. The van der Waals surface area contributed by atoms with Crippen LogP contribution in [0.2, 0.25) is 0 Å². The number of carboxylic acid groups (broad SMARTS) is 1. The lowest BCUT2D eigenvalue weighted by molar-refractivity contribution is -0.235. The number of allylic oxidation sites excluding steroid dienone is 1. The van der Waals surface area contributed by atoms with E-state index in [0.717, 1.165) is 25.7 Å². The van der Waals surface area contributed by atoms with Crippen LogP contribution in [-0.4, -0.2) is 47.6 Å². The van der Waals surface area contributed by atoms with Gasteiger partial charge in [-0.15, -0.1) is 25.3 Å². The van der Waals surface area contributed by atoms with Gasteiger partial charge in [0.25, 0.3) is 0 Å². The maximum atomic E-state index is 12.6. The van der Waals surface area contributed by atoms with Crippen LogP contribution in [0.3, 0.4) is 0 Å². The molecule has 4 saturated carbocycles. The number of esters is 1. The lowest BCUT2D eigenvalue weighted by Crippen LogP contribution is -2.65. The number of aliphatic carboxylic acids is 1. The highest BCUT2D eigenvalue weighted by atomic mass is 32.2. The number of carbonyl (C=O) groups is 2. The van der Waals surface area contributed by atoms with Crippen molar-refractivity contribution >= 4 is 37.2 Å². The van der Waals surface area contributed by atoms with Crippen LogP contribution in [0.1, 0.15) is 86.0 Å². The number of fused-ring (bicyclic) bond motifs is 5. The second-order valence-electron chi connectivity index (χ2n) is 13.1. The number of hydrogen-bond acceptors (Lipinski definition) is 7. The highest BCUT2D eigenvalue weighted by molar-refractivity contribution is 8.05. The molecule has 2 N–H and O–H groups in total. The van der Waals surface area contributed by atoms with Gasteiger partial charge in [-0.2, -0.15) is 0 Å². The van der Waals surface area contributed by atoms with E-state index >= 15 is 0 Å². The van der Waals surface area contributed by atoms with Gasteiger partial charge in [-0.3, -0.25) is 4.79 Å². The third kappa shape index (κ3) is 4.69. The standard InChI is InChI=1S/C30H46O6S2/c1-16-19-10-13-29(4)26(28(19,3)12-11-22(16)35-6)21(32)14-20-25(18(27(33)34)8-7-9-24(37)38)23(36-17(2)31)15-30(20,29)5/h9,16,19-23,26,32,37-38H,7-8,10-15H2,1-6H3,(H,33,34)/b25-18-/t16-,19-,20-,21+,22+,23-,26-,28-,29-,30-/m0/s1. The number of hydrogen-bond donors (Lipinski definition) is 4. The Kier molecular flexibility index (Phi) is 8.52. The Morgan fingerprint density at radius 2 is 1.82 bits per heavy atom. The smallest absolute Gasteiger partial charge is 0.331 e. The van der Waals surface area contributed by atoms with Crippen LogP contribution >= 0.6 is 25.3 Å². The first-order valence-corrected chi connectivity index (χ1v) is 15.0. The first kappa shape index (κ1) is 30.0. The molecule has 4 fully saturated rings. The predicted molar refractivity (Wildman–Crippen MR) is 154 cm³/mol. The molecule has 4 aliphatic rings. The lowest BCUT2D eigenvalue weighted by Gasteiger charge is -2.69. The van der Waals surface area contributed by atoms with E-state index in [1.165, 1.54) is 6.92 Å². The Hall–Kier alpha value is -0.960. The summed E-state index contributed by atoms with van der Waals surface area (Å²) in [4.78, 5) is 24.8. The fourth-order valence-corrected chi connectivity index (χ4v) is 10.2. The lowest BCUT2D eigenvalue weighted by atomic mass is 9.36. The highest BCUT2D eigenvalue weighted by Crippen LogP contribution is 2.74. The van der Waals surface area contributed by atoms with Crippen LogP contribution in [0.25, 0.3) is 0 Å². The number of rotatable bonds is 6. The number of carbonyl (C=O) groups excluding carboxylic acids is 1. The molecule has 0 radical (unpaired) electrons. The molecule has 0 aromatic carbocycles. The molecule has 4 rings (SSSR count). The van der Waals surface area contributed by atoms with Crippen LogP contribution in [0.15, 0.2) is 21.5 Å². The van der Waals surface area contributed by atoms with Crippen LogP contribution in [0.5, 0.6) is 0 Å². The van der Waals surface area contributed by atoms with E-state index in [9.17, 15) is 19.8 Å². The molecule has 8 heteroatoms. The Bertz CT molecular complexity index is 1020. The van der Waals surface area contributed by atoms with E-state index in [1.807, 2.05) is 7.11 Å². The van der Waals surface area contributed by atoms with E-state index in [2.05, 4.69) is 53.0 Å². The fourth-order valence-electron chi connectivity index (χ4n) is 9.95. The number of thiol groups is 2. The normalized spacial score (nSPS) is 45.3. The van der Waals surface area contributed by atoms with Crippen molar-refractivity contribution in [3.63, 3.8) is 0 Å². The molecule has 0 heterocycles. The number of methoxy groups -OCH3 is 1. The fraction of sp³-hybridized carbons (Fsp3) is 0.800. The van der Waals surface area contributed by atoms with Gasteiger partial charge >= 0.3 is 11.9 Å². The number of aliphatic hydroxyl groups is 1. The molecule has 0 aromatic heterocycles. The minimum absolute atomic E-state index is 0.0335. The third-order valence-electron chi connectivity index (χ3n) is 11.6. The van der Waals surface area contributed by atoms with Gasteiger partial charge in [0.2, 0.25) is 0 Å². The monoisotopic (exact) mass is 566 g/mol. The second-order valence-corrected chi connectivity index (χ2v) is 14.4. The summed E-state index contributed by atoms with van der Waals surface area (Å²) in [6, 6.07) is 0. The van der Waals surface area contributed by atoms with Gasteiger partial charge in [-0.25, -0.2) is 4.79 Å². The first-order chi connectivity index (χ1) is 17.7. The summed E-state index contributed by atoms with van der Waals surface area (Å²) in [5.41, 5.74) is 0.427. The highest BCUT2D eigenvalue weighted by Gasteiger charge is 2.70. The van der Waals surface area contributed by atoms with E-state index in [1.54, 1.807) is 6.08 Å². The van der Waals surface area contributed by atoms with Crippen molar-refractivity contribution in [1.29, 1.82) is 0 Å². The van der Waals surface area contributed by atoms with Crippen LogP contribution < -0.4 is 0 Å². The molecule has 10 atom stereocenters. The van der Waals surface area contributed by atoms with Gasteiger partial charge in [0, 0.05) is 23.8 Å². The van der Waals surface area contributed by atoms with Gasteiger partial charge in [-0.05, 0) is 96.9 Å². The van der Waals surface area contributed by atoms with Gasteiger partial charge in [0.1, 0.15) is 6.10 Å². The SMILES string of the molecule is CO[C@@H]1CC[C@@]2(C)[C@@H](CC[C@@]3(C)[C@H]2[C@H](O)C[C@H]2/C(=C(\CCC=C(S)S)C(=O)O)[C@@H](OC(C)=O)C[C@@]23C)[C@@H]1C. The van der Waals surface area contributed by atoms with E-state index in [0.29, 0.717) is 52.9 Å². The minimum atomic E-state index is -0.987. The second kappa shape index (κ2) is 10.8. The Morgan fingerprint density at radius 3 is 2.39 bits per heavy atom. The first-order valence-electron chi connectivity index (χ1n) is 14.1. The maximum absolute atomic E-state index is 12.6. The number of carboxylic acids is 1. The van der Waals surface area contributed by atoms with Crippen LogP contribution in [0.4, 0.5) is 0 Å². The zero-order chi connectivity index (χ0) is 28.2. The van der Waals surface area contributed by atoms with Crippen molar-refractivity contribution in [3.8, 4) is 0 Å². The summed E-state index contributed by atoms with van der Waals surface area (Å²) >= 11 is 8.40. The van der Waals surface area contributed by atoms with Crippen molar-refractivity contribution in [2.24, 2.45) is 39.9 Å². The molecule has 0 unspecified atom stereocenters. The van der Waals surface area contributed by atoms with Crippen molar-refractivity contribution < 1.29 is 29.3 Å². The van der Waals surface area contributed by atoms with Crippen molar-refractivity contribution in [2.75, 3.05) is 7.11 Å². The topological polar surface area (TPSA) is 93.1 Å². The largest absolute Gasteiger partial charge is 0.478 e. The van der Waals surface area contributed by atoms with Crippen LogP contribution in [-0.2, 0) is 19.1 Å². The van der Waals surface area contributed by atoms with Crippen molar-refractivity contribution in [3.05, 3.63) is 21.5 Å². The molecule has 38 heavy (non-hydrogen) atoms. The average molecular weight is 567 g/mol. The summed E-state index contributed by atoms with van der Waals surface area (Å²) in [5, 5.41) is 22.3. The summed E-state index contributed by atoms with van der Waals surface area (Å²) in [7, 11) is 1.81. The molecule has 0 spiro atoms. The zero-order valence-corrected chi connectivity index (χ0v) is 25.5. The van der Waals surface area contributed by atoms with Gasteiger partial charge in [0.15, 0.2) is 0 Å². The molecule has 6 nitrogen and oxygen atoms in total. The number of aliphatic hydroxyl groups excluding tert-OH is 1. The Balaban J connectivity index is 1.81. The van der Waals surface area contributed by atoms with Gasteiger partial charge in [-0.1, -0.05) is 33.8 Å². The molecule has 0 aromatic rings.